The number of nitrogens with one attached hydrogen (secondary N) is 1. The number of nitrogens with zero attached hydrogens (tertiary/aromatic N) is 1. The van der Waals surface area contributed by atoms with Crippen molar-refractivity contribution >= 4 is 11.6 Å². The highest BCUT2D eigenvalue weighted by atomic mass is 16.1. The van der Waals surface area contributed by atoms with Gasteiger partial charge in [0.25, 0.3) is 0 Å². The van der Waals surface area contributed by atoms with Gasteiger partial charge < -0.3 is 10.2 Å². The van der Waals surface area contributed by atoms with Crippen LogP contribution in [0.5, 0.6) is 0 Å². The van der Waals surface area contributed by atoms with Gasteiger partial charge in [-0.15, -0.1) is 0 Å². The highest BCUT2D eigenvalue weighted by Gasteiger charge is 2.03. The Labute approximate surface area is 116 Å². The van der Waals surface area contributed by atoms with Crippen molar-refractivity contribution in [2.24, 2.45) is 0 Å². The first-order valence-electron chi connectivity index (χ1n) is 6.75. The normalized spacial score (nSPS) is 12.9. The van der Waals surface area contributed by atoms with E-state index < -0.39 is 0 Å². The van der Waals surface area contributed by atoms with Crippen LogP contribution < -0.4 is 5.32 Å². The number of anilines is 1. The Morgan fingerprint density at radius 1 is 1.32 bits per heavy atom. The number of hydrogen-bond acceptors (Lipinski definition) is 2. The first-order chi connectivity index (χ1) is 9.02. The maximum Gasteiger partial charge on any atom is 0.248 e. The fourth-order valence-corrected chi connectivity index (χ4v) is 1.69. The molecule has 0 fully saturated rings. The lowest BCUT2D eigenvalue weighted by Crippen LogP contribution is -2.12. The van der Waals surface area contributed by atoms with Gasteiger partial charge in [-0.25, -0.2) is 0 Å². The van der Waals surface area contributed by atoms with E-state index >= 15 is 0 Å². The topological polar surface area (TPSA) is 32.3 Å². The Kier molecular flexibility index (Phi) is 6.30. The minimum Gasteiger partial charge on any atom is -0.323 e. The summed E-state index contributed by atoms with van der Waals surface area (Å²) in [6, 6.07) is 8.07. The molecular formula is C16H24N2O. The van der Waals surface area contributed by atoms with Gasteiger partial charge in [-0.05, 0) is 44.1 Å². The first kappa shape index (κ1) is 15.4. The van der Waals surface area contributed by atoms with Crippen molar-refractivity contribution < 1.29 is 4.79 Å². The van der Waals surface area contributed by atoms with Gasteiger partial charge in [0.05, 0.1) is 0 Å². The van der Waals surface area contributed by atoms with E-state index in [0.717, 1.165) is 18.7 Å². The summed E-state index contributed by atoms with van der Waals surface area (Å²) in [4.78, 5) is 13.7. The highest BCUT2D eigenvalue weighted by molar-refractivity contribution is 5.99. The zero-order valence-electron chi connectivity index (χ0n) is 12.3. The van der Waals surface area contributed by atoms with Crippen molar-refractivity contribution in [3.8, 4) is 0 Å². The SMILES string of the molecule is CCC(C)c1ccc(NC(=O)/C=C/CN(C)C)cc1. The lowest BCUT2D eigenvalue weighted by molar-refractivity contribution is -0.111. The van der Waals surface area contributed by atoms with Crippen molar-refractivity contribution in [2.75, 3.05) is 26.0 Å². The fraction of sp³-hybridized carbons (Fsp3) is 0.438. The molecular weight excluding hydrogens is 236 g/mol. The van der Waals surface area contributed by atoms with Crippen LogP contribution in [0.15, 0.2) is 36.4 Å². The van der Waals surface area contributed by atoms with Gasteiger partial charge in [-0.2, -0.15) is 0 Å². The highest BCUT2D eigenvalue weighted by Crippen LogP contribution is 2.20. The standard InChI is InChI=1S/C16H24N2O/c1-5-13(2)14-8-10-15(11-9-14)17-16(19)7-6-12-18(3)4/h6-11,13H,5,12H2,1-4H3,(H,17,19)/b7-6+. The Morgan fingerprint density at radius 3 is 2.47 bits per heavy atom. The summed E-state index contributed by atoms with van der Waals surface area (Å²) in [5.41, 5.74) is 2.15. The predicted octanol–water partition coefficient (Wildman–Crippen LogP) is 3.26. The number of amides is 1. The quantitative estimate of drug-likeness (QED) is 0.796. The van der Waals surface area contributed by atoms with Crippen LogP contribution in [-0.4, -0.2) is 31.4 Å². The maximum atomic E-state index is 11.7. The molecule has 0 saturated heterocycles. The minimum absolute atomic E-state index is 0.0851. The van der Waals surface area contributed by atoms with Gasteiger partial charge in [0.1, 0.15) is 0 Å². The van der Waals surface area contributed by atoms with Gasteiger partial charge in [0.15, 0.2) is 0 Å². The predicted molar refractivity (Wildman–Crippen MR) is 81.5 cm³/mol. The molecule has 0 spiro atoms. The smallest absolute Gasteiger partial charge is 0.248 e. The van der Waals surface area contributed by atoms with Crippen LogP contribution in [0.2, 0.25) is 0 Å². The fourth-order valence-electron chi connectivity index (χ4n) is 1.69. The van der Waals surface area contributed by atoms with Crippen LogP contribution in [-0.2, 0) is 4.79 Å². The van der Waals surface area contributed by atoms with E-state index in [0.29, 0.717) is 5.92 Å². The Balaban J connectivity index is 2.53. The van der Waals surface area contributed by atoms with Gasteiger partial charge >= 0.3 is 0 Å². The molecule has 1 aromatic carbocycles. The average molecular weight is 260 g/mol. The lowest BCUT2D eigenvalue weighted by atomic mass is 9.99. The van der Waals surface area contributed by atoms with Gasteiger partial charge in [0.2, 0.25) is 5.91 Å². The Morgan fingerprint density at radius 2 is 1.95 bits per heavy atom. The van der Waals surface area contributed by atoms with Crippen LogP contribution in [0.25, 0.3) is 0 Å². The number of carbonyl (C=O) groups excluding carboxylic acids is 1. The lowest BCUT2D eigenvalue weighted by Gasteiger charge is -2.10. The second-order valence-corrected chi connectivity index (χ2v) is 5.09. The van der Waals surface area contributed by atoms with Crippen LogP contribution >= 0.6 is 0 Å². The third-order valence-corrected chi connectivity index (χ3v) is 3.10. The molecule has 0 bridgehead atoms. The van der Waals surface area contributed by atoms with Gasteiger partial charge in [-0.1, -0.05) is 32.1 Å². The van der Waals surface area contributed by atoms with E-state index in [1.165, 1.54) is 5.56 Å². The molecule has 0 aromatic heterocycles. The number of hydrogen-bond donors (Lipinski definition) is 1. The first-order valence-corrected chi connectivity index (χ1v) is 6.75. The van der Waals surface area contributed by atoms with E-state index in [9.17, 15) is 4.79 Å². The molecule has 1 amide bonds. The number of carbonyl (C=O) groups is 1. The van der Waals surface area contributed by atoms with E-state index in [1.54, 1.807) is 6.08 Å². The summed E-state index contributed by atoms with van der Waals surface area (Å²) in [5, 5.41) is 2.86. The molecule has 19 heavy (non-hydrogen) atoms. The molecule has 0 saturated carbocycles. The van der Waals surface area contributed by atoms with Crippen molar-refractivity contribution in [3.05, 3.63) is 42.0 Å². The molecule has 1 atom stereocenters. The zero-order valence-corrected chi connectivity index (χ0v) is 12.3. The summed E-state index contributed by atoms with van der Waals surface area (Å²) in [5.74, 6) is 0.475. The number of benzene rings is 1. The van der Waals surface area contributed by atoms with Crippen LogP contribution in [0.4, 0.5) is 5.69 Å². The van der Waals surface area contributed by atoms with E-state index in [4.69, 9.17) is 0 Å². The third-order valence-electron chi connectivity index (χ3n) is 3.10. The van der Waals surface area contributed by atoms with Gasteiger partial charge in [-0.3, -0.25) is 4.79 Å². The zero-order chi connectivity index (χ0) is 14.3. The second kappa shape index (κ2) is 7.74. The molecule has 0 aliphatic carbocycles. The molecule has 1 unspecified atom stereocenters. The number of likely N-dealkylation sites (N-methyl/N-ethyl adjacent to an activating group) is 1. The third kappa shape index (κ3) is 5.71. The van der Waals surface area contributed by atoms with Crippen LogP contribution in [0.3, 0.4) is 0 Å². The Bertz CT molecular complexity index is 421. The molecule has 1 rings (SSSR count). The molecule has 104 valence electrons. The van der Waals surface area contributed by atoms with Gasteiger partial charge in [0, 0.05) is 18.3 Å². The van der Waals surface area contributed by atoms with E-state index in [1.807, 2.05) is 37.2 Å². The summed E-state index contributed by atoms with van der Waals surface area (Å²) in [6.45, 7) is 5.15. The molecule has 1 N–H and O–H groups in total. The molecule has 0 heterocycles. The van der Waals surface area contributed by atoms with Crippen LogP contribution in [0, 0.1) is 0 Å². The van der Waals surface area contributed by atoms with Crippen molar-refractivity contribution in [1.82, 2.24) is 4.90 Å². The summed E-state index contributed by atoms with van der Waals surface area (Å²) < 4.78 is 0. The molecule has 0 radical (unpaired) electrons. The minimum atomic E-state index is -0.0851. The summed E-state index contributed by atoms with van der Waals surface area (Å²) >= 11 is 0. The summed E-state index contributed by atoms with van der Waals surface area (Å²) in [7, 11) is 3.94. The average Bonchev–Trinajstić information content (AvgIpc) is 2.38. The van der Waals surface area contributed by atoms with Crippen molar-refractivity contribution in [3.63, 3.8) is 0 Å². The molecule has 0 aliphatic heterocycles. The van der Waals surface area contributed by atoms with Crippen LogP contribution in [0.1, 0.15) is 31.7 Å². The maximum absolute atomic E-state index is 11.7. The van der Waals surface area contributed by atoms with E-state index in [-0.39, 0.29) is 5.91 Å². The monoisotopic (exact) mass is 260 g/mol. The Hall–Kier alpha value is -1.61. The largest absolute Gasteiger partial charge is 0.323 e. The number of rotatable bonds is 6. The molecule has 3 nitrogen and oxygen atoms in total. The van der Waals surface area contributed by atoms with E-state index in [2.05, 4.69) is 31.3 Å². The molecule has 3 heteroatoms. The molecule has 1 aromatic rings. The summed E-state index contributed by atoms with van der Waals surface area (Å²) in [6.07, 6.45) is 4.55. The van der Waals surface area contributed by atoms with Crippen molar-refractivity contribution in [2.45, 2.75) is 26.2 Å². The molecule has 0 aliphatic rings. The van der Waals surface area contributed by atoms with Crippen molar-refractivity contribution in [1.29, 1.82) is 0 Å². The second-order valence-electron chi connectivity index (χ2n) is 5.09.